The van der Waals surface area contributed by atoms with Gasteiger partial charge in [0, 0.05) is 12.1 Å². The number of nitrogens with one attached hydrogen (secondary N) is 1. The first-order valence-electron chi connectivity index (χ1n) is 5.76. The van der Waals surface area contributed by atoms with Crippen molar-refractivity contribution < 1.29 is 4.92 Å². The Morgan fingerprint density at radius 2 is 2.11 bits per heavy atom. The van der Waals surface area contributed by atoms with Crippen molar-refractivity contribution in [2.24, 2.45) is 5.41 Å². The van der Waals surface area contributed by atoms with Gasteiger partial charge in [-0.3, -0.25) is 10.1 Å². The predicted molar refractivity (Wildman–Crippen MR) is 75.9 cm³/mol. The van der Waals surface area contributed by atoms with Gasteiger partial charge in [-0.15, -0.1) is 0 Å². The second-order valence-corrected chi connectivity index (χ2v) is 6.22. The molecule has 100 valence electrons. The van der Waals surface area contributed by atoms with E-state index in [0.29, 0.717) is 15.9 Å². The van der Waals surface area contributed by atoms with Gasteiger partial charge in [0.15, 0.2) is 0 Å². The molecule has 1 aromatic heterocycles. The number of aromatic nitrogens is 1. The van der Waals surface area contributed by atoms with Crippen molar-refractivity contribution >= 4 is 27.4 Å². The molecule has 1 rings (SSSR count). The minimum absolute atomic E-state index is 0.0308. The van der Waals surface area contributed by atoms with E-state index in [1.807, 2.05) is 0 Å². The minimum atomic E-state index is -0.425. The molecule has 0 saturated carbocycles. The van der Waals surface area contributed by atoms with Crippen molar-refractivity contribution in [1.29, 1.82) is 0 Å². The van der Waals surface area contributed by atoms with Crippen LogP contribution in [0.2, 0.25) is 0 Å². The zero-order valence-electron chi connectivity index (χ0n) is 11.1. The van der Waals surface area contributed by atoms with E-state index in [1.165, 1.54) is 6.20 Å². The summed E-state index contributed by atoms with van der Waals surface area (Å²) in [6.45, 7) is 8.99. The van der Waals surface area contributed by atoms with Gasteiger partial charge >= 0.3 is 0 Å². The van der Waals surface area contributed by atoms with Crippen LogP contribution in [0.4, 0.5) is 11.5 Å². The van der Waals surface area contributed by atoms with Crippen molar-refractivity contribution in [2.75, 3.05) is 11.9 Å². The van der Waals surface area contributed by atoms with Gasteiger partial charge in [-0.2, -0.15) is 0 Å². The van der Waals surface area contributed by atoms with E-state index < -0.39 is 4.92 Å². The third-order valence-corrected chi connectivity index (χ3v) is 3.57. The molecular formula is C12H18BrN3O2. The second-order valence-electron chi connectivity index (χ2n) is 5.43. The molecule has 0 amide bonds. The molecule has 0 aliphatic rings. The molecule has 0 fully saturated rings. The summed E-state index contributed by atoms with van der Waals surface area (Å²) in [5, 5.41) is 14.0. The van der Waals surface area contributed by atoms with Gasteiger partial charge in [0.25, 0.3) is 5.69 Å². The minimum Gasteiger partial charge on any atom is -0.369 e. The number of hydrogen-bond donors (Lipinski definition) is 1. The lowest BCUT2D eigenvalue weighted by molar-refractivity contribution is -0.385. The van der Waals surface area contributed by atoms with Crippen LogP contribution in [0, 0.1) is 22.5 Å². The molecule has 0 aromatic carbocycles. The lowest BCUT2D eigenvalue weighted by atomic mass is 9.92. The van der Waals surface area contributed by atoms with E-state index in [-0.39, 0.29) is 11.1 Å². The molecule has 0 radical (unpaired) electrons. The van der Waals surface area contributed by atoms with Crippen molar-refractivity contribution in [3.8, 4) is 0 Å². The fourth-order valence-electron chi connectivity index (χ4n) is 1.43. The summed E-state index contributed by atoms with van der Waals surface area (Å²) in [4.78, 5) is 14.4. The summed E-state index contributed by atoms with van der Waals surface area (Å²) in [6, 6.07) is 0. The largest absolute Gasteiger partial charge is 0.369 e. The summed E-state index contributed by atoms with van der Waals surface area (Å²) < 4.78 is 0.658. The van der Waals surface area contributed by atoms with Crippen molar-refractivity contribution in [2.45, 2.75) is 34.1 Å². The highest BCUT2D eigenvalue weighted by atomic mass is 79.9. The van der Waals surface area contributed by atoms with Crippen LogP contribution in [0.5, 0.6) is 0 Å². The van der Waals surface area contributed by atoms with E-state index in [9.17, 15) is 10.1 Å². The first kappa shape index (κ1) is 14.9. The van der Waals surface area contributed by atoms with Crippen molar-refractivity contribution in [3.63, 3.8) is 0 Å². The molecule has 5 nitrogen and oxygen atoms in total. The summed E-state index contributed by atoms with van der Waals surface area (Å²) in [7, 11) is 0. The molecule has 0 aliphatic carbocycles. The summed E-state index contributed by atoms with van der Waals surface area (Å²) in [6.07, 6.45) is 2.29. The van der Waals surface area contributed by atoms with Gasteiger partial charge in [0.2, 0.25) is 0 Å². The Hall–Kier alpha value is -1.17. The number of anilines is 1. The maximum Gasteiger partial charge on any atom is 0.291 e. The zero-order chi connectivity index (χ0) is 13.9. The van der Waals surface area contributed by atoms with E-state index in [0.717, 1.165) is 13.0 Å². The van der Waals surface area contributed by atoms with E-state index >= 15 is 0 Å². The number of nitro groups is 1. The van der Waals surface area contributed by atoms with Crippen molar-refractivity contribution in [1.82, 2.24) is 4.98 Å². The average molecular weight is 316 g/mol. The van der Waals surface area contributed by atoms with Crippen LogP contribution >= 0.6 is 15.9 Å². The third kappa shape index (κ3) is 3.94. The number of pyridine rings is 1. The molecule has 0 atom stereocenters. The second kappa shape index (κ2) is 5.65. The van der Waals surface area contributed by atoms with Gasteiger partial charge in [0.1, 0.15) is 12.0 Å². The first-order valence-corrected chi connectivity index (χ1v) is 6.55. The van der Waals surface area contributed by atoms with Crippen molar-refractivity contribution in [3.05, 3.63) is 26.3 Å². The molecule has 1 N–H and O–H groups in total. The molecule has 18 heavy (non-hydrogen) atoms. The first-order chi connectivity index (χ1) is 8.22. The fourth-order valence-corrected chi connectivity index (χ4v) is 1.88. The van der Waals surface area contributed by atoms with E-state index in [1.54, 1.807) is 6.92 Å². The molecule has 1 aromatic rings. The van der Waals surface area contributed by atoms with Gasteiger partial charge in [0.05, 0.1) is 9.40 Å². The quantitative estimate of drug-likeness (QED) is 0.675. The number of rotatable bonds is 4. The number of nitrogens with zero attached hydrogens (tertiary/aromatic N) is 2. The summed E-state index contributed by atoms with van der Waals surface area (Å²) in [5.74, 6) is 0.655. The molecule has 0 saturated heterocycles. The molecule has 0 bridgehead atoms. The van der Waals surface area contributed by atoms with Gasteiger partial charge in [-0.05, 0) is 34.7 Å². The normalized spacial score (nSPS) is 11.4. The Kier molecular flexibility index (Phi) is 4.67. The standard InChI is InChI=1S/C12H18BrN3O2/c1-8-9(16(17)18)7-15-11(10(8)13)14-6-5-12(2,3)4/h7H,5-6H2,1-4H3,(H,14,15). The summed E-state index contributed by atoms with van der Waals surface area (Å²) in [5.41, 5.74) is 0.867. The molecule has 1 heterocycles. The van der Waals surface area contributed by atoms with Gasteiger partial charge < -0.3 is 5.32 Å². The van der Waals surface area contributed by atoms with Crippen LogP contribution in [-0.2, 0) is 0 Å². The lowest BCUT2D eigenvalue weighted by Gasteiger charge is -2.18. The van der Waals surface area contributed by atoms with E-state index in [4.69, 9.17) is 0 Å². The van der Waals surface area contributed by atoms with Crippen LogP contribution < -0.4 is 5.32 Å². The highest BCUT2D eigenvalue weighted by Crippen LogP contribution is 2.30. The Morgan fingerprint density at radius 3 is 2.61 bits per heavy atom. The predicted octanol–water partition coefficient (Wildman–Crippen LogP) is 3.91. The molecule has 0 aliphatic heterocycles. The maximum absolute atomic E-state index is 10.8. The van der Waals surface area contributed by atoms with Crippen LogP contribution in [0.3, 0.4) is 0 Å². The maximum atomic E-state index is 10.8. The SMILES string of the molecule is Cc1c([N+](=O)[O-])cnc(NCCC(C)(C)C)c1Br. The van der Waals surface area contributed by atoms with Gasteiger partial charge in [-0.25, -0.2) is 4.98 Å². The fraction of sp³-hybridized carbons (Fsp3) is 0.583. The molecule has 0 unspecified atom stereocenters. The summed E-state index contributed by atoms with van der Waals surface area (Å²) >= 11 is 3.35. The molecular weight excluding hydrogens is 298 g/mol. The molecule has 6 heteroatoms. The smallest absolute Gasteiger partial charge is 0.291 e. The average Bonchev–Trinajstić information content (AvgIpc) is 2.22. The Balaban J connectivity index is 2.80. The lowest BCUT2D eigenvalue weighted by Crippen LogP contribution is -2.14. The highest BCUT2D eigenvalue weighted by Gasteiger charge is 2.17. The molecule has 0 spiro atoms. The Bertz CT molecular complexity index is 455. The van der Waals surface area contributed by atoms with Gasteiger partial charge in [-0.1, -0.05) is 20.8 Å². The Labute approximate surface area is 115 Å². The van der Waals surface area contributed by atoms with Crippen LogP contribution in [0.25, 0.3) is 0 Å². The van der Waals surface area contributed by atoms with Crippen LogP contribution in [0.15, 0.2) is 10.7 Å². The van der Waals surface area contributed by atoms with E-state index in [2.05, 4.69) is 47.0 Å². The number of halogens is 1. The van der Waals surface area contributed by atoms with Crippen LogP contribution in [0.1, 0.15) is 32.8 Å². The topological polar surface area (TPSA) is 68.1 Å². The monoisotopic (exact) mass is 315 g/mol. The zero-order valence-corrected chi connectivity index (χ0v) is 12.7. The number of hydrogen-bond acceptors (Lipinski definition) is 4. The Morgan fingerprint density at radius 1 is 1.50 bits per heavy atom. The van der Waals surface area contributed by atoms with Crippen LogP contribution in [-0.4, -0.2) is 16.5 Å². The highest BCUT2D eigenvalue weighted by molar-refractivity contribution is 9.10. The third-order valence-electron chi connectivity index (χ3n) is 2.60.